The molecular formula is C22H27N3O4. The highest BCUT2D eigenvalue weighted by molar-refractivity contribution is 6.03. The number of piperazine rings is 1. The van der Waals surface area contributed by atoms with Crippen molar-refractivity contribution in [3.05, 3.63) is 53.5 Å². The lowest BCUT2D eigenvalue weighted by molar-refractivity contribution is 0.0432. The number of nitrogens with zero attached hydrogens (tertiary/aromatic N) is 2. The third-order valence-electron chi connectivity index (χ3n) is 5.62. The molecule has 1 aromatic carbocycles. The molecular weight excluding hydrogens is 370 g/mol. The lowest BCUT2D eigenvalue weighted by Gasteiger charge is -2.35. The van der Waals surface area contributed by atoms with Crippen LogP contribution < -0.4 is 5.32 Å². The number of nitrogens with one attached hydrogen (secondary N) is 1. The van der Waals surface area contributed by atoms with Gasteiger partial charge in [-0.25, -0.2) is 0 Å². The highest BCUT2D eigenvalue weighted by atomic mass is 16.5. The molecule has 154 valence electrons. The minimum atomic E-state index is -0.328. The summed E-state index contributed by atoms with van der Waals surface area (Å²) in [5, 5.41) is 2.83. The van der Waals surface area contributed by atoms with Crippen molar-refractivity contribution in [2.24, 2.45) is 0 Å². The monoisotopic (exact) mass is 397 g/mol. The zero-order valence-electron chi connectivity index (χ0n) is 16.7. The van der Waals surface area contributed by atoms with Gasteiger partial charge in [0.05, 0.1) is 12.4 Å². The first-order valence-electron chi connectivity index (χ1n) is 10.2. The molecule has 1 N–H and O–H groups in total. The zero-order chi connectivity index (χ0) is 20.2. The summed E-state index contributed by atoms with van der Waals surface area (Å²) in [5.74, 6) is -0.0933. The number of rotatable bonds is 5. The van der Waals surface area contributed by atoms with E-state index in [-0.39, 0.29) is 17.6 Å². The molecule has 7 nitrogen and oxygen atoms in total. The summed E-state index contributed by atoms with van der Waals surface area (Å²) in [6, 6.07) is 8.70. The second-order valence-electron chi connectivity index (χ2n) is 7.69. The number of hydrogen-bond donors (Lipinski definition) is 1. The van der Waals surface area contributed by atoms with Crippen LogP contribution in [0.3, 0.4) is 0 Å². The number of carbonyl (C=O) groups excluding carboxylic acids is 2. The van der Waals surface area contributed by atoms with Crippen LogP contribution in [0.1, 0.15) is 39.3 Å². The fourth-order valence-electron chi connectivity index (χ4n) is 3.87. The van der Waals surface area contributed by atoms with Crippen LogP contribution in [-0.2, 0) is 4.74 Å². The second-order valence-corrected chi connectivity index (χ2v) is 7.69. The average molecular weight is 397 g/mol. The molecule has 4 rings (SSSR count). The molecule has 2 fully saturated rings. The molecule has 2 aliphatic heterocycles. The first kappa shape index (κ1) is 19.7. The first-order valence-corrected chi connectivity index (χ1v) is 10.2. The first-order chi connectivity index (χ1) is 14.1. The van der Waals surface area contributed by atoms with Gasteiger partial charge in [-0.3, -0.25) is 14.5 Å². The van der Waals surface area contributed by atoms with Gasteiger partial charge in [-0.2, -0.15) is 0 Å². The molecule has 0 radical (unpaired) electrons. The summed E-state index contributed by atoms with van der Waals surface area (Å²) < 4.78 is 10.9. The molecule has 2 amide bonds. The van der Waals surface area contributed by atoms with Gasteiger partial charge in [0, 0.05) is 50.6 Å². The van der Waals surface area contributed by atoms with E-state index in [2.05, 4.69) is 10.2 Å². The van der Waals surface area contributed by atoms with Gasteiger partial charge in [-0.05, 0) is 49.6 Å². The molecule has 7 heteroatoms. The van der Waals surface area contributed by atoms with Crippen molar-refractivity contribution in [2.75, 3.05) is 44.6 Å². The molecule has 2 aromatic rings. The Kier molecular flexibility index (Phi) is 5.97. The van der Waals surface area contributed by atoms with Crippen molar-refractivity contribution >= 4 is 17.5 Å². The molecule has 0 aliphatic carbocycles. The Bertz CT molecular complexity index is 851. The van der Waals surface area contributed by atoms with E-state index >= 15 is 0 Å². The maximum atomic E-state index is 13.0. The minimum Gasteiger partial charge on any atom is -0.459 e. The maximum absolute atomic E-state index is 13.0. The van der Waals surface area contributed by atoms with Crippen molar-refractivity contribution in [1.82, 2.24) is 9.80 Å². The van der Waals surface area contributed by atoms with Gasteiger partial charge >= 0.3 is 0 Å². The summed E-state index contributed by atoms with van der Waals surface area (Å²) in [4.78, 5) is 29.5. The van der Waals surface area contributed by atoms with E-state index in [1.807, 2.05) is 24.0 Å². The molecule has 0 bridgehead atoms. The van der Waals surface area contributed by atoms with Crippen LogP contribution in [-0.4, -0.2) is 67.0 Å². The van der Waals surface area contributed by atoms with Crippen LogP contribution in [0.15, 0.2) is 41.0 Å². The van der Waals surface area contributed by atoms with E-state index in [1.165, 1.54) is 6.26 Å². The highest BCUT2D eigenvalue weighted by Crippen LogP contribution is 2.20. The van der Waals surface area contributed by atoms with Crippen molar-refractivity contribution in [3.63, 3.8) is 0 Å². The number of furan rings is 1. The number of ether oxygens (including phenoxy) is 1. The Morgan fingerprint density at radius 2 is 2.00 bits per heavy atom. The predicted molar refractivity (Wildman–Crippen MR) is 109 cm³/mol. The van der Waals surface area contributed by atoms with Crippen molar-refractivity contribution < 1.29 is 18.7 Å². The van der Waals surface area contributed by atoms with Gasteiger partial charge in [-0.1, -0.05) is 6.07 Å². The SMILES string of the molecule is Cc1ccc(C(=O)N2CCN(C[C@@H]3CCCO3)CC2)cc1NC(=O)c1ccco1. The summed E-state index contributed by atoms with van der Waals surface area (Å²) in [7, 11) is 0. The van der Waals surface area contributed by atoms with E-state index in [1.54, 1.807) is 18.2 Å². The minimum absolute atomic E-state index is 0.00439. The van der Waals surface area contributed by atoms with Crippen LogP contribution in [0.25, 0.3) is 0 Å². The molecule has 0 saturated carbocycles. The van der Waals surface area contributed by atoms with Gasteiger partial charge < -0.3 is 19.4 Å². The zero-order valence-corrected chi connectivity index (χ0v) is 16.7. The standard InChI is InChI=1S/C22H27N3O4/c1-16-6-7-17(14-19(16)23-21(26)20-5-3-13-29-20)22(27)25-10-8-24(9-11-25)15-18-4-2-12-28-18/h3,5-7,13-14,18H,2,4,8-12,15H2,1H3,(H,23,26)/t18-/m0/s1. The Labute approximate surface area is 170 Å². The number of aryl methyl sites for hydroxylation is 1. The smallest absolute Gasteiger partial charge is 0.291 e. The van der Waals surface area contributed by atoms with E-state index in [9.17, 15) is 9.59 Å². The molecule has 3 heterocycles. The largest absolute Gasteiger partial charge is 0.459 e. The second kappa shape index (κ2) is 8.80. The van der Waals surface area contributed by atoms with E-state index in [0.717, 1.165) is 44.6 Å². The fourth-order valence-corrected chi connectivity index (χ4v) is 3.87. The molecule has 0 unspecified atom stereocenters. The number of benzene rings is 1. The van der Waals surface area contributed by atoms with E-state index in [0.29, 0.717) is 30.4 Å². The summed E-state index contributed by atoms with van der Waals surface area (Å²) >= 11 is 0. The fraction of sp³-hybridized carbons (Fsp3) is 0.455. The van der Waals surface area contributed by atoms with Gasteiger partial charge in [0.15, 0.2) is 5.76 Å². The Morgan fingerprint density at radius 3 is 2.69 bits per heavy atom. The third kappa shape index (κ3) is 4.68. The molecule has 29 heavy (non-hydrogen) atoms. The van der Waals surface area contributed by atoms with Crippen molar-refractivity contribution in [3.8, 4) is 0 Å². The van der Waals surface area contributed by atoms with Gasteiger partial charge in [0.2, 0.25) is 0 Å². The molecule has 2 saturated heterocycles. The lowest BCUT2D eigenvalue weighted by atomic mass is 10.1. The summed E-state index contributed by atoms with van der Waals surface area (Å²) in [6.07, 6.45) is 4.08. The Hall–Kier alpha value is -2.64. The maximum Gasteiger partial charge on any atom is 0.291 e. The predicted octanol–water partition coefficient (Wildman–Crippen LogP) is 2.78. The number of carbonyl (C=O) groups is 2. The van der Waals surface area contributed by atoms with Crippen molar-refractivity contribution in [2.45, 2.75) is 25.9 Å². The number of amides is 2. The number of anilines is 1. The topological polar surface area (TPSA) is 75.0 Å². The van der Waals surface area contributed by atoms with Gasteiger partial charge in [-0.15, -0.1) is 0 Å². The van der Waals surface area contributed by atoms with Crippen molar-refractivity contribution in [1.29, 1.82) is 0 Å². The Morgan fingerprint density at radius 1 is 1.17 bits per heavy atom. The van der Waals surface area contributed by atoms with E-state index in [4.69, 9.17) is 9.15 Å². The van der Waals surface area contributed by atoms with Crippen LogP contribution in [0.5, 0.6) is 0 Å². The molecule has 2 aliphatic rings. The number of hydrogen-bond acceptors (Lipinski definition) is 5. The van der Waals surface area contributed by atoms with Crippen LogP contribution in [0.2, 0.25) is 0 Å². The van der Waals surface area contributed by atoms with Crippen LogP contribution >= 0.6 is 0 Å². The lowest BCUT2D eigenvalue weighted by Crippen LogP contribution is -2.50. The normalized spacial score (nSPS) is 20.0. The van der Waals surface area contributed by atoms with E-state index < -0.39 is 0 Å². The third-order valence-corrected chi connectivity index (χ3v) is 5.62. The van der Waals surface area contributed by atoms with Gasteiger partial charge in [0.25, 0.3) is 11.8 Å². The van der Waals surface area contributed by atoms with Crippen LogP contribution in [0, 0.1) is 6.92 Å². The van der Waals surface area contributed by atoms with Gasteiger partial charge in [0.1, 0.15) is 0 Å². The summed E-state index contributed by atoms with van der Waals surface area (Å²) in [5.41, 5.74) is 2.09. The molecule has 0 spiro atoms. The van der Waals surface area contributed by atoms with Crippen LogP contribution in [0.4, 0.5) is 5.69 Å². The average Bonchev–Trinajstić information content (AvgIpc) is 3.44. The highest BCUT2D eigenvalue weighted by Gasteiger charge is 2.25. The quantitative estimate of drug-likeness (QED) is 0.840. The molecule has 1 atom stereocenters. The molecule has 1 aromatic heterocycles. The summed E-state index contributed by atoms with van der Waals surface area (Å²) in [6.45, 7) is 6.85. The Balaban J connectivity index is 1.37.